The number of ether oxygens (including phenoxy) is 1. The van der Waals surface area contributed by atoms with Crippen LogP contribution in [-0.4, -0.2) is 55.2 Å². The SMILES string of the molecule is CN(C)CCOc1ncc(Nc2cc(N3CCC(c4ccccc4Cl)C3)nc3cc(F)c(F)cc23)cc1F. The Labute approximate surface area is 224 Å². The summed E-state index contributed by atoms with van der Waals surface area (Å²) in [5, 5.41) is 4.19. The third-order valence-electron chi connectivity index (χ3n) is 6.56. The molecular formula is C28H27ClF3N5O. The van der Waals surface area contributed by atoms with Gasteiger partial charge in [0, 0.05) is 54.2 Å². The molecule has 0 aliphatic carbocycles. The maximum atomic E-state index is 14.7. The molecular weight excluding hydrogens is 515 g/mol. The molecule has 1 atom stereocenters. The van der Waals surface area contributed by atoms with Crippen LogP contribution in [0.1, 0.15) is 17.9 Å². The quantitative estimate of drug-likeness (QED) is 0.279. The summed E-state index contributed by atoms with van der Waals surface area (Å²) in [5.74, 6) is -1.92. The van der Waals surface area contributed by atoms with E-state index in [1.165, 1.54) is 12.3 Å². The normalized spacial score (nSPS) is 15.4. The summed E-state index contributed by atoms with van der Waals surface area (Å²) in [6.45, 7) is 2.29. The van der Waals surface area contributed by atoms with Gasteiger partial charge in [-0.3, -0.25) is 0 Å². The molecule has 0 spiro atoms. The largest absolute Gasteiger partial charge is 0.474 e. The van der Waals surface area contributed by atoms with E-state index in [4.69, 9.17) is 16.3 Å². The van der Waals surface area contributed by atoms with Crippen LogP contribution in [0.15, 0.2) is 54.7 Å². The van der Waals surface area contributed by atoms with Crippen molar-refractivity contribution in [3.63, 3.8) is 0 Å². The van der Waals surface area contributed by atoms with Crippen molar-refractivity contribution in [3.05, 3.63) is 82.8 Å². The molecule has 5 rings (SSSR count). The molecule has 1 N–H and O–H groups in total. The first-order valence-corrected chi connectivity index (χ1v) is 12.7. The molecule has 10 heteroatoms. The zero-order valence-corrected chi connectivity index (χ0v) is 21.8. The van der Waals surface area contributed by atoms with Crippen molar-refractivity contribution < 1.29 is 17.9 Å². The number of fused-ring (bicyclic) bond motifs is 1. The van der Waals surface area contributed by atoms with Gasteiger partial charge in [-0.15, -0.1) is 0 Å². The van der Waals surface area contributed by atoms with Gasteiger partial charge in [-0.2, -0.15) is 0 Å². The number of rotatable bonds is 8. The summed E-state index contributed by atoms with van der Waals surface area (Å²) in [6.07, 6.45) is 2.30. The lowest BCUT2D eigenvalue weighted by Gasteiger charge is -2.21. The number of halogens is 4. The first-order valence-electron chi connectivity index (χ1n) is 12.3. The number of aromatic nitrogens is 2. The van der Waals surface area contributed by atoms with Crippen LogP contribution in [0, 0.1) is 17.5 Å². The molecule has 1 aliphatic rings. The predicted octanol–water partition coefficient (Wildman–Crippen LogP) is 6.38. The smallest absolute Gasteiger partial charge is 0.250 e. The van der Waals surface area contributed by atoms with Crippen LogP contribution < -0.4 is 15.0 Å². The number of anilines is 3. The van der Waals surface area contributed by atoms with Crippen LogP contribution in [0.5, 0.6) is 5.88 Å². The molecule has 1 saturated heterocycles. The molecule has 3 heterocycles. The Hall–Kier alpha value is -3.56. The van der Waals surface area contributed by atoms with Gasteiger partial charge in [-0.25, -0.2) is 23.1 Å². The van der Waals surface area contributed by atoms with Crippen molar-refractivity contribution in [2.45, 2.75) is 12.3 Å². The first kappa shape index (κ1) is 26.1. The minimum atomic E-state index is -0.996. The van der Waals surface area contributed by atoms with E-state index in [1.807, 2.05) is 43.3 Å². The highest BCUT2D eigenvalue weighted by atomic mass is 35.5. The van der Waals surface area contributed by atoms with Gasteiger partial charge in [0.05, 0.1) is 23.1 Å². The van der Waals surface area contributed by atoms with E-state index >= 15 is 0 Å². The lowest BCUT2D eigenvalue weighted by atomic mass is 9.98. The highest BCUT2D eigenvalue weighted by molar-refractivity contribution is 6.31. The average molecular weight is 542 g/mol. The number of nitrogens with zero attached hydrogens (tertiary/aromatic N) is 4. The van der Waals surface area contributed by atoms with Crippen molar-refractivity contribution in [1.82, 2.24) is 14.9 Å². The van der Waals surface area contributed by atoms with Crippen molar-refractivity contribution in [2.24, 2.45) is 0 Å². The second-order valence-corrected chi connectivity index (χ2v) is 9.96. The van der Waals surface area contributed by atoms with Gasteiger partial charge in [0.1, 0.15) is 12.4 Å². The molecule has 2 aromatic heterocycles. The molecule has 1 aliphatic heterocycles. The van der Waals surface area contributed by atoms with Gasteiger partial charge in [0.25, 0.3) is 5.88 Å². The van der Waals surface area contributed by atoms with Crippen molar-refractivity contribution in [3.8, 4) is 5.88 Å². The summed E-state index contributed by atoms with van der Waals surface area (Å²) < 4.78 is 48.5. The minimum Gasteiger partial charge on any atom is -0.474 e. The Bertz CT molecular complexity index is 1470. The molecule has 4 aromatic rings. The molecule has 6 nitrogen and oxygen atoms in total. The predicted molar refractivity (Wildman–Crippen MR) is 144 cm³/mol. The topological polar surface area (TPSA) is 53.5 Å². The Morgan fingerprint density at radius 2 is 1.87 bits per heavy atom. The monoisotopic (exact) mass is 541 g/mol. The lowest BCUT2D eigenvalue weighted by molar-refractivity contribution is 0.244. The zero-order valence-electron chi connectivity index (χ0n) is 21.0. The third-order valence-corrected chi connectivity index (χ3v) is 6.90. The van der Waals surface area contributed by atoms with E-state index in [0.717, 1.165) is 29.1 Å². The van der Waals surface area contributed by atoms with Gasteiger partial charge in [0.15, 0.2) is 17.5 Å². The van der Waals surface area contributed by atoms with Crippen LogP contribution in [-0.2, 0) is 0 Å². The van der Waals surface area contributed by atoms with Gasteiger partial charge < -0.3 is 19.9 Å². The lowest BCUT2D eigenvalue weighted by Crippen LogP contribution is -2.20. The van der Waals surface area contributed by atoms with Crippen molar-refractivity contribution in [2.75, 3.05) is 50.6 Å². The number of hydrogen-bond donors (Lipinski definition) is 1. The molecule has 0 amide bonds. The molecule has 2 aromatic carbocycles. The fraction of sp³-hybridized carbons (Fsp3) is 0.286. The Balaban J connectivity index is 1.44. The molecule has 1 unspecified atom stereocenters. The molecule has 0 bridgehead atoms. The minimum absolute atomic E-state index is 0.103. The van der Waals surface area contributed by atoms with Crippen LogP contribution in [0.25, 0.3) is 10.9 Å². The third kappa shape index (κ3) is 5.63. The first-order chi connectivity index (χ1) is 18.3. The Morgan fingerprint density at radius 3 is 2.63 bits per heavy atom. The summed E-state index contributed by atoms with van der Waals surface area (Å²) in [5.41, 5.74) is 2.13. The summed E-state index contributed by atoms with van der Waals surface area (Å²) in [7, 11) is 3.78. The van der Waals surface area contributed by atoms with Crippen LogP contribution >= 0.6 is 11.6 Å². The van der Waals surface area contributed by atoms with E-state index < -0.39 is 17.5 Å². The fourth-order valence-corrected chi connectivity index (χ4v) is 4.87. The van der Waals surface area contributed by atoms with Gasteiger partial charge in [-0.05, 0) is 38.2 Å². The van der Waals surface area contributed by atoms with Gasteiger partial charge in [-0.1, -0.05) is 29.8 Å². The standard InChI is InChI=1S/C28H27ClF3N5O/c1-36(2)9-10-38-28-24(32)11-18(15-33-28)34-26-14-27(35-25-13-23(31)22(30)12-20(25)26)37-8-7-17(16-37)19-5-3-4-6-21(19)29/h3-6,11-15,17H,7-10,16H2,1-2H3,(H,34,35). The van der Waals surface area contributed by atoms with E-state index in [1.54, 1.807) is 6.07 Å². The maximum Gasteiger partial charge on any atom is 0.250 e. The number of likely N-dealkylation sites (N-methyl/N-ethyl adjacent to an activating group) is 1. The van der Waals surface area contributed by atoms with Crippen LogP contribution in [0.4, 0.5) is 30.4 Å². The van der Waals surface area contributed by atoms with Crippen LogP contribution in [0.3, 0.4) is 0 Å². The Kier molecular flexibility index (Phi) is 7.58. The molecule has 1 fully saturated rings. The average Bonchev–Trinajstić information content (AvgIpc) is 3.36. The van der Waals surface area contributed by atoms with Gasteiger partial charge >= 0.3 is 0 Å². The second kappa shape index (κ2) is 11.0. The zero-order chi connectivity index (χ0) is 26.8. The highest BCUT2D eigenvalue weighted by Crippen LogP contribution is 2.37. The second-order valence-electron chi connectivity index (χ2n) is 9.55. The number of pyridine rings is 2. The summed E-state index contributed by atoms with van der Waals surface area (Å²) in [4.78, 5) is 12.7. The summed E-state index contributed by atoms with van der Waals surface area (Å²) in [6, 6.07) is 12.9. The van der Waals surface area contributed by atoms with Gasteiger partial charge in [0.2, 0.25) is 0 Å². The van der Waals surface area contributed by atoms with E-state index in [9.17, 15) is 13.2 Å². The number of hydrogen-bond acceptors (Lipinski definition) is 6. The van der Waals surface area contributed by atoms with Crippen LogP contribution in [0.2, 0.25) is 5.02 Å². The fourth-order valence-electron chi connectivity index (χ4n) is 4.58. The van der Waals surface area contributed by atoms with E-state index in [2.05, 4.69) is 20.2 Å². The Morgan fingerprint density at radius 1 is 1.08 bits per heavy atom. The summed E-state index contributed by atoms with van der Waals surface area (Å²) >= 11 is 6.42. The number of benzene rings is 2. The van der Waals surface area contributed by atoms with E-state index in [-0.39, 0.29) is 23.9 Å². The molecule has 0 radical (unpaired) electrons. The van der Waals surface area contributed by atoms with E-state index in [0.29, 0.717) is 42.2 Å². The number of nitrogens with one attached hydrogen (secondary N) is 1. The highest BCUT2D eigenvalue weighted by Gasteiger charge is 2.27. The van der Waals surface area contributed by atoms with Crippen molar-refractivity contribution >= 4 is 39.7 Å². The van der Waals surface area contributed by atoms with Crippen molar-refractivity contribution in [1.29, 1.82) is 0 Å². The molecule has 38 heavy (non-hydrogen) atoms. The molecule has 0 saturated carbocycles. The maximum absolute atomic E-state index is 14.7. The molecule has 198 valence electrons.